The minimum Gasteiger partial charge on any atom is -0.463 e. The third-order valence-electron chi connectivity index (χ3n) is 2.87. The third-order valence-corrected chi connectivity index (χ3v) is 2.87. The van der Waals surface area contributed by atoms with Crippen LogP contribution in [0, 0.1) is 11.8 Å². The second kappa shape index (κ2) is 10.5. The van der Waals surface area contributed by atoms with E-state index in [-0.39, 0.29) is 38.2 Å². The topological polar surface area (TPSA) is 64.6 Å². The van der Waals surface area contributed by atoms with Crippen LogP contribution < -0.4 is 5.32 Å². The van der Waals surface area contributed by atoms with Gasteiger partial charge in [-0.3, -0.25) is 9.59 Å². The maximum atomic E-state index is 12.2. The van der Waals surface area contributed by atoms with Gasteiger partial charge in [-0.25, -0.2) is 0 Å². The lowest BCUT2D eigenvalue weighted by Crippen LogP contribution is -2.40. The number of amides is 1. The van der Waals surface area contributed by atoms with Gasteiger partial charge in [0.1, 0.15) is 6.61 Å². The van der Waals surface area contributed by atoms with Gasteiger partial charge in [-0.2, -0.15) is 13.2 Å². The Labute approximate surface area is 134 Å². The number of alkyl halides is 3. The fourth-order valence-electron chi connectivity index (χ4n) is 1.98. The Kier molecular flexibility index (Phi) is 9.87. The standard InChI is InChI=1S/C15H26F3NO4/c1-10(2)7-12(9-19-14(21)15(16,17)18)8-13(20)23-6-5-22-11(3)4/h10-12H,5-9H2,1-4H3,(H,19,21). The van der Waals surface area contributed by atoms with Crippen molar-refractivity contribution in [3.8, 4) is 0 Å². The number of carbonyl (C=O) groups excluding carboxylic acids is 2. The molecule has 0 aromatic heterocycles. The van der Waals surface area contributed by atoms with Crippen molar-refractivity contribution < 1.29 is 32.2 Å². The van der Waals surface area contributed by atoms with E-state index in [2.05, 4.69) is 0 Å². The number of ether oxygens (including phenoxy) is 2. The van der Waals surface area contributed by atoms with Crippen LogP contribution in [0.2, 0.25) is 0 Å². The molecule has 1 amide bonds. The maximum Gasteiger partial charge on any atom is 0.471 e. The van der Waals surface area contributed by atoms with E-state index in [4.69, 9.17) is 9.47 Å². The molecular weight excluding hydrogens is 315 g/mol. The summed E-state index contributed by atoms with van der Waals surface area (Å²) in [5.41, 5.74) is 0. The van der Waals surface area contributed by atoms with Crippen LogP contribution in [0.3, 0.4) is 0 Å². The summed E-state index contributed by atoms with van der Waals surface area (Å²) in [6, 6.07) is 0. The van der Waals surface area contributed by atoms with Crippen LogP contribution in [-0.4, -0.2) is 43.9 Å². The molecule has 0 fully saturated rings. The van der Waals surface area contributed by atoms with Crippen LogP contribution in [0.25, 0.3) is 0 Å². The van der Waals surface area contributed by atoms with E-state index in [1.807, 2.05) is 33.0 Å². The first-order valence-electron chi connectivity index (χ1n) is 7.64. The summed E-state index contributed by atoms with van der Waals surface area (Å²) in [5, 5.41) is 1.82. The van der Waals surface area contributed by atoms with Crippen LogP contribution >= 0.6 is 0 Å². The van der Waals surface area contributed by atoms with Gasteiger partial charge in [-0.05, 0) is 32.1 Å². The Morgan fingerprint density at radius 3 is 2.17 bits per heavy atom. The molecule has 0 aromatic rings. The van der Waals surface area contributed by atoms with Gasteiger partial charge >= 0.3 is 18.1 Å². The first-order valence-corrected chi connectivity index (χ1v) is 7.64. The van der Waals surface area contributed by atoms with Gasteiger partial charge in [0, 0.05) is 6.54 Å². The molecule has 0 bridgehead atoms. The van der Waals surface area contributed by atoms with E-state index in [1.165, 1.54) is 0 Å². The van der Waals surface area contributed by atoms with E-state index < -0.39 is 24.0 Å². The minimum absolute atomic E-state index is 0.0278. The lowest BCUT2D eigenvalue weighted by atomic mass is 9.94. The molecule has 5 nitrogen and oxygen atoms in total. The summed E-state index contributed by atoms with van der Waals surface area (Å²) in [4.78, 5) is 22.6. The fourth-order valence-corrected chi connectivity index (χ4v) is 1.98. The van der Waals surface area contributed by atoms with Crippen LogP contribution in [0.4, 0.5) is 13.2 Å². The second-order valence-electron chi connectivity index (χ2n) is 6.05. The van der Waals surface area contributed by atoms with Crippen molar-refractivity contribution in [3.63, 3.8) is 0 Å². The molecule has 23 heavy (non-hydrogen) atoms. The fraction of sp³-hybridized carbons (Fsp3) is 0.867. The van der Waals surface area contributed by atoms with Gasteiger partial charge in [-0.1, -0.05) is 13.8 Å². The first-order chi connectivity index (χ1) is 10.5. The molecule has 0 rings (SSSR count). The van der Waals surface area contributed by atoms with Crippen molar-refractivity contribution in [1.29, 1.82) is 0 Å². The van der Waals surface area contributed by atoms with Crippen LogP contribution in [0.1, 0.15) is 40.5 Å². The molecule has 0 spiro atoms. The number of hydrogen-bond donors (Lipinski definition) is 1. The van der Waals surface area contributed by atoms with E-state index in [1.54, 1.807) is 0 Å². The van der Waals surface area contributed by atoms with E-state index in [9.17, 15) is 22.8 Å². The van der Waals surface area contributed by atoms with Crippen LogP contribution in [0.5, 0.6) is 0 Å². The summed E-state index contributed by atoms with van der Waals surface area (Å²) in [6.07, 6.45) is -4.43. The van der Waals surface area contributed by atoms with Gasteiger partial charge in [0.05, 0.1) is 19.1 Å². The monoisotopic (exact) mass is 341 g/mol. The predicted molar refractivity (Wildman–Crippen MR) is 78.7 cm³/mol. The molecule has 0 saturated heterocycles. The highest BCUT2D eigenvalue weighted by atomic mass is 19.4. The molecule has 1 N–H and O–H groups in total. The highest BCUT2D eigenvalue weighted by molar-refractivity contribution is 5.81. The summed E-state index contributed by atoms with van der Waals surface area (Å²) in [7, 11) is 0. The van der Waals surface area contributed by atoms with Crippen molar-refractivity contribution in [1.82, 2.24) is 5.32 Å². The highest BCUT2D eigenvalue weighted by Gasteiger charge is 2.38. The van der Waals surface area contributed by atoms with Gasteiger partial charge in [0.25, 0.3) is 0 Å². The Bertz CT molecular complexity index is 370. The second-order valence-corrected chi connectivity index (χ2v) is 6.05. The zero-order valence-electron chi connectivity index (χ0n) is 14.0. The number of carbonyl (C=O) groups is 2. The largest absolute Gasteiger partial charge is 0.471 e. The van der Waals surface area contributed by atoms with Gasteiger partial charge in [-0.15, -0.1) is 0 Å². The smallest absolute Gasteiger partial charge is 0.463 e. The van der Waals surface area contributed by atoms with Gasteiger partial charge in [0.15, 0.2) is 0 Å². The summed E-state index contributed by atoms with van der Waals surface area (Å²) in [6.45, 7) is 7.63. The third kappa shape index (κ3) is 11.9. The molecule has 0 aliphatic heterocycles. The highest BCUT2D eigenvalue weighted by Crippen LogP contribution is 2.18. The van der Waals surface area contributed by atoms with Crippen molar-refractivity contribution >= 4 is 11.9 Å². The van der Waals surface area contributed by atoms with Crippen LogP contribution in [0.15, 0.2) is 0 Å². The van der Waals surface area contributed by atoms with Crippen molar-refractivity contribution in [2.24, 2.45) is 11.8 Å². The molecule has 8 heteroatoms. The normalized spacial score (nSPS) is 13.3. The first kappa shape index (κ1) is 21.7. The minimum atomic E-state index is -4.92. The molecule has 0 aromatic carbocycles. The average Bonchev–Trinajstić information content (AvgIpc) is 2.38. The molecule has 0 aliphatic rings. The Hall–Kier alpha value is -1.31. The predicted octanol–water partition coefficient (Wildman–Crippen LogP) is 2.69. The van der Waals surface area contributed by atoms with Crippen molar-refractivity contribution in [2.75, 3.05) is 19.8 Å². The quantitative estimate of drug-likeness (QED) is 0.490. The Morgan fingerprint density at radius 2 is 1.70 bits per heavy atom. The number of hydrogen-bond acceptors (Lipinski definition) is 4. The van der Waals surface area contributed by atoms with Crippen molar-refractivity contribution in [3.05, 3.63) is 0 Å². The zero-order valence-corrected chi connectivity index (χ0v) is 14.0. The molecule has 0 saturated carbocycles. The van der Waals surface area contributed by atoms with E-state index in [0.29, 0.717) is 6.42 Å². The molecule has 1 atom stereocenters. The Morgan fingerprint density at radius 1 is 1.09 bits per heavy atom. The molecular formula is C15H26F3NO4. The zero-order chi connectivity index (χ0) is 18.0. The SMILES string of the molecule is CC(C)CC(CNC(=O)C(F)(F)F)CC(=O)OCCOC(C)C. The molecule has 1 unspecified atom stereocenters. The van der Waals surface area contributed by atoms with E-state index in [0.717, 1.165) is 0 Å². The van der Waals surface area contributed by atoms with Crippen LogP contribution in [-0.2, 0) is 19.1 Å². The number of halogens is 3. The Balaban J connectivity index is 4.28. The van der Waals surface area contributed by atoms with Gasteiger partial charge < -0.3 is 14.8 Å². The average molecular weight is 341 g/mol. The van der Waals surface area contributed by atoms with Gasteiger partial charge in [0.2, 0.25) is 0 Å². The number of nitrogens with one attached hydrogen (secondary N) is 1. The van der Waals surface area contributed by atoms with E-state index >= 15 is 0 Å². The summed E-state index contributed by atoms with van der Waals surface area (Å²) in [5.74, 6) is -2.73. The molecule has 0 aliphatic carbocycles. The van der Waals surface area contributed by atoms with Crippen molar-refractivity contribution in [2.45, 2.75) is 52.8 Å². The molecule has 0 radical (unpaired) electrons. The summed E-state index contributed by atoms with van der Waals surface area (Å²) < 4.78 is 46.7. The maximum absolute atomic E-state index is 12.2. The molecule has 136 valence electrons. The molecule has 0 heterocycles. The lowest BCUT2D eigenvalue weighted by Gasteiger charge is -2.19. The number of esters is 1. The lowest BCUT2D eigenvalue weighted by molar-refractivity contribution is -0.173. The number of rotatable bonds is 10. The summed E-state index contributed by atoms with van der Waals surface area (Å²) >= 11 is 0.